The van der Waals surface area contributed by atoms with Gasteiger partial charge in [-0.15, -0.1) is 0 Å². The van der Waals surface area contributed by atoms with E-state index in [1.165, 1.54) is 6.07 Å². The normalized spacial score (nSPS) is 14.4. The lowest BCUT2D eigenvalue weighted by atomic mass is 9.87. The zero-order chi connectivity index (χ0) is 11.9. The molecule has 0 amide bonds. The molecular weight excluding hydrogens is 206 g/mol. The minimum absolute atomic E-state index is 0.0574. The van der Waals surface area contributed by atoms with Gasteiger partial charge in [0.25, 0.3) is 5.69 Å². The molecule has 4 heteroatoms. The molecular formula is C12H11NO3. The SMILES string of the molecule is CC1=CC(=O)Cc2c(C)cc([N+](=O)[O-])cc21. The van der Waals surface area contributed by atoms with Crippen LogP contribution in [0.2, 0.25) is 0 Å². The molecule has 0 fully saturated rings. The van der Waals surface area contributed by atoms with Crippen molar-refractivity contribution in [3.8, 4) is 0 Å². The Morgan fingerprint density at radius 2 is 2.00 bits per heavy atom. The second-order valence-electron chi connectivity index (χ2n) is 4.02. The summed E-state index contributed by atoms with van der Waals surface area (Å²) in [6, 6.07) is 3.06. The highest BCUT2D eigenvalue weighted by molar-refractivity contribution is 6.02. The molecule has 1 aromatic rings. The summed E-state index contributed by atoms with van der Waals surface area (Å²) in [6.45, 7) is 3.61. The quantitative estimate of drug-likeness (QED) is 0.536. The molecule has 0 bridgehead atoms. The highest BCUT2D eigenvalue weighted by atomic mass is 16.6. The summed E-state index contributed by atoms with van der Waals surface area (Å²) < 4.78 is 0. The fourth-order valence-corrected chi connectivity index (χ4v) is 2.03. The van der Waals surface area contributed by atoms with Crippen LogP contribution in [-0.2, 0) is 11.2 Å². The molecule has 4 nitrogen and oxygen atoms in total. The number of non-ortho nitro benzene ring substituents is 1. The van der Waals surface area contributed by atoms with Gasteiger partial charge in [0.05, 0.1) is 4.92 Å². The maximum absolute atomic E-state index is 11.4. The largest absolute Gasteiger partial charge is 0.294 e. The molecule has 0 unspecified atom stereocenters. The second-order valence-corrected chi connectivity index (χ2v) is 4.02. The fraction of sp³-hybridized carbons (Fsp3) is 0.250. The number of rotatable bonds is 1. The standard InChI is InChI=1S/C12H11NO3/c1-7-3-9(13(15)16)5-11-8(2)4-10(14)6-12(7)11/h3-5H,6H2,1-2H3. The van der Waals surface area contributed by atoms with E-state index in [2.05, 4.69) is 0 Å². The van der Waals surface area contributed by atoms with Gasteiger partial charge >= 0.3 is 0 Å². The van der Waals surface area contributed by atoms with Crippen molar-refractivity contribution in [2.75, 3.05) is 0 Å². The van der Waals surface area contributed by atoms with E-state index in [0.717, 1.165) is 22.3 Å². The van der Waals surface area contributed by atoms with Gasteiger partial charge in [-0.25, -0.2) is 0 Å². The summed E-state index contributed by atoms with van der Waals surface area (Å²) in [5.74, 6) is 0.0574. The van der Waals surface area contributed by atoms with E-state index in [-0.39, 0.29) is 11.5 Å². The minimum atomic E-state index is -0.406. The maximum atomic E-state index is 11.4. The van der Waals surface area contributed by atoms with E-state index in [4.69, 9.17) is 0 Å². The molecule has 16 heavy (non-hydrogen) atoms. The molecule has 0 atom stereocenters. The number of aryl methyl sites for hydroxylation is 1. The Morgan fingerprint density at radius 1 is 1.31 bits per heavy atom. The van der Waals surface area contributed by atoms with Crippen molar-refractivity contribution >= 4 is 17.0 Å². The first kappa shape index (κ1) is 10.5. The summed E-state index contributed by atoms with van der Waals surface area (Å²) in [5.41, 5.74) is 3.43. The summed E-state index contributed by atoms with van der Waals surface area (Å²) in [7, 11) is 0. The van der Waals surface area contributed by atoms with Crippen molar-refractivity contribution in [2.45, 2.75) is 20.3 Å². The molecule has 2 rings (SSSR count). The van der Waals surface area contributed by atoms with Crippen molar-refractivity contribution in [1.29, 1.82) is 0 Å². The molecule has 0 N–H and O–H groups in total. The first-order valence-corrected chi connectivity index (χ1v) is 4.98. The zero-order valence-corrected chi connectivity index (χ0v) is 9.11. The van der Waals surface area contributed by atoms with Crippen LogP contribution >= 0.6 is 0 Å². The average Bonchev–Trinajstić information content (AvgIpc) is 2.19. The van der Waals surface area contributed by atoms with Gasteiger partial charge in [-0.1, -0.05) is 0 Å². The van der Waals surface area contributed by atoms with Crippen LogP contribution in [0.1, 0.15) is 23.6 Å². The molecule has 0 saturated carbocycles. The summed E-state index contributed by atoms with van der Waals surface area (Å²) in [6.07, 6.45) is 1.89. The van der Waals surface area contributed by atoms with E-state index >= 15 is 0 Å². The molecule has 0 aromatic heterocycles. The third-order valence-corrected chi connectivity index (χ3v) is 2.82. The molecule has 0 radical (unpaired) electrons. The molecule has 1 aliphatic rings. The van der Waals surface area contributed by atoms with E-state index in [9.17, 15) is 14.9 Å². The van der Waals surface area contributed by atoms with Crippen molar-refractivity contribution in [3.05, 3.63) is 45.0 Å². The summed E-state index contributed by atoms with van der Waals surface area (Å²) >= 11 is 0. The molecule has 1 aliphatic carbocycles. The van der Waals surface area contributed by atoms with Gasteiger partial charge in [0, 0.05) is 18.6 Å². The fourth-order valence-electron chi connectivity index (χ4n) is 2.03. The van der Waals surface area contributed by atoms with E-state index in [0.29, 0.717) is 6.42 Å². The van der Waals surface area contributed by atoms with Crippen LogP contribution in [0.15, 0.2) is 18.2 Å². The second kappa shape index (κ2) is 3.56. The predicted octanol–water partition coefficient (Wildman–Crippen LogP) is 2.43. The monoisotopic (exact) mass is 217 g/mol. The van der Waals surface area contributed by atoms with Crippen LogP contribution in [0.5, 0.6) is 0 Å². The highest BCUT2D eigenvalue weighted by Gasteiger charge is 2.20. The van der Waals surface area contributed by atoms with Crippen LogP contribution in [0.4, 0.5) is 5.69 Å². The number of benzene rings is 1. The van der Waals surface area contributed by atoms with Gasteiger partial charge in [-0.2, -0.15) is 0 Å². The van der Waals surface area contributed by atoms with E-state index in [1.807, 2.05) is 0 Å². The Hall–Kier alpha value is -1.97. The van der Waals surface area contributed by atoms with Crippen LogP contribution in [0.3, 0.4) is 0 Å². The topological polar surface area (TPSA) is 60.2 Å². The van der Waals surface area contributed by atoms with Crippen LogP contribution in [0, 0.1) is 17.0 Å². The smallest absolute Gasteiger partial charge is 0.270 e. The summed E-state index contributed by atoms with van der Waals surface area (Å²) in [4.78, 5) is 21.7. The predicted molar refractivity (Wildman–Crippen MR) is 60.2 cm³/mol. The maximum Gasteiger partial charge on any atom is 0.270 e. The van der Waals surface area contributed by atoms with Crippen molar-refractivity contribution < 1.29 is 9.72 Å². The highest BCUT2D eigenvalue weighted by Crippen LogP contribution is 2.30. The van der Waals surface area contributed by atoms with Crippen LogP contribution in [-0.4, -0.2) is 10.7 Å². The molecule has 0 heterocycles. The zero-order valence-electron chi connectivity index (χ0n) is 9.11. The Bertz CT molecular complexity index is 529. The number of carbonyl (C=O) groups is 1. The molecule has 0 aliphatic heterocycles. The number of ketones is 1. The van der Waals surface area contributed by atoms with E-state index in [1.54, 1.807) is 26.0 Å². The lowest BCUT2D eigenvalue weighted by Gasteiger charge is -2.16. The number of hydrogen-bond acceptors (Lipinski definition) is 3. The minimum Gasteiger partial charge on any atom is -0.294 e. The number of nitro groups is 1. The Kier molecular flexibility index (Phi) is 2.34. The summed E-state index contributed by atoms with van der Waals surface area (Å²) in [5, 5.41) is 10.7. The van der Waals surface area contributed by atoms with Crippen molar-refractivity contribution in [3.63, 3.8) is 0 Å². The third-order valence-electron chi connectivity index (χ3n) is 2.82. The van der Waals surface area contributed by atoms with Crippen molar-refractivity contribution in [1.82, 2.24) is 0 Å². The number of allylic oxidation sites excluding steroid dienone is 2. The van der Waals surface area contributed by atoms with Crippen molar-refractivity contribution in [2.24, 2.45) is 0 Å². The van der Waals surface area contributed by atoms with Gasteiger partial charge in [0.15, 0.2) is 5.78 Å². The average molecular weight is 217 g/mol. The van der Waals surface area contributed by atoms with Gasteiger partial charge in [-0.3, -0.25) is 14.9 Å². The number of nitro benzene ring substituents is 1. The number of hydrogen-bond donors (Lipinski definition) is 0. The Labute approximate surface area is 92.7 Å². The molecule has 1 aromatic carbocycles. The third kappa shape index (κ3) is 1.62. The lowest BCUT2D eigenvalue weighted by Crippen LogP contribution is -2.10. The molecule has 0 spiro atoms. The molecule has 82 valence electrons. The van der Waals surface area contributed by atoms with Crippen LogP contribution in [0.25, 0.3) is 5.57 Å². The van der Waals surface area contributed by atoms with E-state index < -0.39 is 4.92 Å². The van der Waals surface area contributed by atoms with Crippen LogP contribution < -0.4 is 0 Å². The number of fused-ring (bicyclic) bond motifs is 1. The number of carbonyl (C=O) groups excluding carboxylic acids is 1. The first-order valence-electron chi connectivity index (χ1n) is 4.98. The van der Waals surface area contributed by atoms with Gasteiger partial charge < -0.3 is 0 Å². The van der Waals surface area contributed by atoms with Gasteiger partial charge in [-0.05, 0) is 42.2 Å². The number of nitrogens with zero attached hydrogens (tertiary/aromatic N) is 1. The lowest BCUT2D eigenvalue weighted by molar-refractivity contribution is -0.384. The van der Waals surface area contributed by atoms with Gasteiger partial charge in [0.2, 0.25) is 0 Å². The van der Waals surface area contributed by atoms with Gasteiger partial charge in [0.1, 0.15) is 0 Å². The Morgan fingerprint density at radius 3 is 2.62 bits per heavy atom. The molecule has 0 saturated heterocycles. The Balaban J connectivity index is 2.67. The first-order chi connectivity index (χ1) is 7.49.